The normalized spacial score (nSPS) is 73.9. The van der Waals surface area contributed by atoms with Gasteiger partial charge < -0.3 is 0 Å². The molecule has 0 amide bonds. The van der Waals surface area contributed by atoms with E-state index in [2.05, 4.69) is 6.92 Å². The van der Waals surface area contributed by atoms with Crippen molar-refractivity contribution in [2.24, 2.45) is 29.6 Å². The minimum Gasteiger partial charge on any atom is -0.0619 e. The molecule has 5 atom stereocenters. The molecule has 4 bridgehead atoms. The van der Waals surface area contributed by atoms with Gasteiger partial charge in [0.05, 0.1) is 0 Å². The zero-order valence-corrected chi connectivity index (χ0v) is 5.30. The molecule has 8 heavy (non-hydrogen) atoms. The van der Waals surface area contributed by atoms with Gasteiger partial charge in [-0.15, -0.1) is 0 Å². The summed E-state index contributed by atoms with van der Waals surface area (Å²) in [7, 11) is 0. The van der Waals surface area contributed by atoms with Crippen molar-refractivity contribution in [3.05, 3.63) is 0 Å². The lowest BCUT2D eigenvalue weighted by molar-refractivity contribution is -0.0308. The van der Waals surface area contributed by atoms with Crippen LogP contribution in [0.2, 0.25) is 0 Å². The van der Waals surface area contributed by atoms with Gasteiger partial charge in [0.1, 0.15) is 0 Å². The summed E-state index contributed by atoms with van der Waals surface area (Å²) < 4.78 is 0. The van der Waals surface area contributed by atoms with Crippen LogP contribution in [0.4, 0.5) is 0 Å². The molecule has 0 aliphatic heterocycles. The van der Waals surface area contributed by atoms with E-state index in [1.807, 2.05) is 0 Å². The van der Waals surface area contributed by atoms with Crippen LogP contribution in [0.25, 0.3) is 0 Å². The van der Waals surface area contributed by atoms with E-state index in [1.165, 1.54) is 23.7 Å². The fraction of sp³-hybridized carbons (Fsp3) is 1.00. The highest BCUT2D eigenvalue weighted by Crippen LogP contribution is 2.72. The standard InChI is InChI=1S/C8H12/c1-4-6-2-5-3-7(6)8(4)5/h4-8H,2-3H2,1H3. The lowest BCUT2D eigenvalue weighted by atomic mass is 9.54. The number of hydrogen-bond donors (Lipinski definition) is 0. The van der Waals surface area contributed by atoms with Crippen LogP contribution in [0.5, 0.6) is 0 Å². The highest BCUT2D eigenvalue weighted by molar-refractivity contribution is 5.14. The van der Waals surface area contributed by atoms with E-state index in [0.29, 0.717) is 0 Å². The van der Waals surface area contributed by atoms with Gasteiger partial charge in [0, 0.05) is 0 Å². The van der Waals surface area contributed by atoms with Crippen LogP contribution >= 0.6 is 0 Å². The van der Waals surface area contributed by atoms with E-state index in [1.54, 1.807) is 12.8 Å². The molecule has 0 heterocycles. The van der Waals surface area contributed by atoms with Crippen LogP contribution in [0.1, 0.15) is 19.8 Å². The Morgan fingerprint density at radius 3 is 2.12 bits per heavy atom. The van der Waals surface area contributed by atoms with Crippen molar-refractivity contribution >= 4 is 0 Å². The van der Waals surface area contributed by atoms with Gasteiger partial charge in [-0.2, -0.15) is 0 Å². The SMILES string of the molecule is CC1C2CC3CC2C31. The van der Waals surface area contributed by atoms with Crippen LogP contribution in [0, 0.1) is 29.6 Å². The lowest BCUT2D eigenvalue weighted by Crippen LogP contribution is -2.45. The Hall–Kier alpha value is 0. The van der Waals surface area contributed by atoms with Crippen LogP contribution < -0.4 is 0 Å². The molecule has 0 radical (unpaired) electrons. The smallest absolute Gasteiger partial charge is 0.0326 e. The first kappa shape index (κ1) is 3.92. The molecule has 5 fully saturated rings. The van der Waals surface area contributed by atoms with Gasteiger partial charge in [0.15, 0.2) is 0 Å². The third kappa shape index (κ3) is 0.191. The van der Waals surface area contributed by atoms with Crippen LogP contribution in [-0.2, 0) is 0 Å². The molecule has 0 N–H and O–H groups in total. The van der Waals surface area contributed by atoms with Gasteiger partial charge in [0.2, 0.25) is 0 Å². The third-order valence-corrected chi connectivity index (χ3v) is 4.02. The van der Waals surface area contributed by atoms with Crippen molar-refractivity contribution in [3.63, 3.8) is 0 Å². The van der Waals surface area contributed by atoms with Gasteiger partial charge in [-0.25, -0.2) is 0 Å². The van der Waals surface area contributed by atoms with Crippen molar-refractivity contribution in [1.29, 1.82) is 0 Å². The molecule has 5 rings (SSSR count). The van der Waals surface area contributed by atoms with Crippen molar-refractivity contribution in [3.8, 4) is 0 Å². The van der Waals surface area contributed by atoms with E-state index in [0.717, 1.165) is 5.92 Å². The fourth-order valence-corrected chi connectivity index (χ4v) is 3.62. The van der Waals surface area contributed by atoms with Gasteiger partial charge in [-0.1, -0.05) is 6.92 Å². The van der Waals surface area contributed by atoms with E-state index < -0.39 is 0 Å². The maximum absolute atomic E-state index is 2.45. The van der Waals surface area contributed by atoms with E-state index >= 15 is 0 Å². The molecule has 0 aromatic carbocycles. The fourth-order valence-electron chi connectivity index (χ4n) is 3.62. The summed E-state index contributed by atoms with van der Waals surface area (Å²) in [5, 5.41) is 0. The molecule has 0 nitrogen and oxygen atoms in total. The molecule has 0 heteroatoms. The first-order valence-corrected chi connectivity index (χ1v) is 3.88. The molecular weight excluding hydrogens is 96.1 g/mol. The maximum Gasteiger partial charge on any atom is -0.0326 e. The largest absolute Gasteiger partial charge is 0.0619 e. The highest BCUT2D eigenvalue weighted by atomic mass is 14.7. The molecule has 5 saturated carbocycles. The van der Waals surface area contributed by atoms with Gasteiger partial charge in [-0.05, 0) is 42.4 Å². The highest BCUT2D eigenvalue weighted by Gasteiger charge is 2.65. The second-order valence-corrected chi connectivity index (χ2v) is 4.00. The van der Waals surface area contributed by atoms with Crippen molar-refractivity contribution in [1.82, 2.24) is 0 Å². The summed E-state index contributed by atoms with van der Waals surface area (Å²) in [6, 6.07) is 0. The van der Waals surface area contributed by atoms with Crippen molar-refractivity contribution in [2.75, 3.05) is 0 Å². The summed E-state index contributed by atoms with van der Waals surface area (Å²) in [5.74, 6) is 6.00. The van der Waals surface area contributed by atoms with Crippen LogP contribution in [0.15, 0.2) is 0 Å². The molecule has 5 aliphatic rings. The number of rotatable bonds is 0. The monoisotopic (exact) mass is 108 g/mol. The summed E-state index contributed by atoms with van der Waals surface area (Å²) in [5.41, 5.74) is 0. The zero-order chi connectivity index (χ0) is 5.30. The average molecular weight is 108 g/mol. The Kier molecular flexibility index (Phi) is 0.427. The maximum atomic E-state index is 2.45. The molecule has 44 valence electrons. The van der Waals surface area contributed by atoms with E-state index in [-0.39, 0.29) is 0 Å². The average Bonchev–Trinajstić information content (AvgIpc) is 2.20. The molecule has 0 spiro atoms. The van der Waals surface area contributed by atoms with Crippen molar-refractivity contribution in [2.45, 2.75) is 19.8 Å². The van der Waals surface area contributed by atoms with Crippen LogP contribution in [0.3, 0.4) is 0 Å². The molecule has 0 aromatic heterocycles. The first-order valence-electron chi connectivity index (χ1n) is 3.88. The lowest BCUT2D eigenvalue weighted by Gasteiger charge is -2.51. The Labute approximate surface area is 50.3 Å². The second kappa shape index (κ2) is 0.872. The minimum atomic E-state index is 1.14. The zero-order valence-electron chi connectivity index (χ0n) is 5.30. The Bertz CT molecular complexity index is 120. The van der Waals surface area contributed by atoms with E-state index in [9.17, 15) is 0 Å². The first-order chi connectivity index (χ1) is 3.88. The quantitative estimate of drug-likeness (QED) is 0.444. The van der Waals surface area contributed by atoms with Gasteiger partial charge in [-0.3, -0.25) is 0 Å². The molecule has 5 unspecified atom stereocenters. The minimum absolute atomic E-state index is 1.14. The second-order valence-electron chi connectivity index (χ2n) is 4.00. The topological polar surface area (TPSA) is 0 Å². The van der Waals surface area contributed by atoms with Crippen molar-refractivity contribution < 1.29 is 0 Å². The molecule has 5 aliphatic carbocycles. The molecule has 0 aromatic rings. The predicted molar refractivity (Wildman–Crippen MR) is 32.4 cm³/mol. The predicted octanol–water partition coefficient (Wildman–Crippen LogP) is 1.91. The molecular formula is C8H12. The summed E-state index contributed by atoms with van der Waals surface area (Å²) >= 11 is 0. The van der Waals surface area contributed by atoms with Gasteiger partial charge >= 0.3 is 0 Å². The van der Waals surface area contributed by atoms with Crippen LogP contribution in [-0.4, -0.2) is 0 Å². The Morgan fingerprint density at radius 1 is 1.12 bits per heavy atom. The third-order valence-electron chi connectivity index (χ3n) is 4.02. The van der Waals surface area contributed by atoms with Gasteiger partial charge in [0.25, 0.3) is 0 Å². The number of hydrogen-bond acceptors (Lipinski definition) is 0. The summed E-state index contributed by atoms with van der Waals surface area (Å²) in [4.78, 5) is 0. The van der Waals surface area contributed by atoms with E-state index in [4.69, 9.17) is 0 Å². The Balaban J connectivity index is 2.04. The molecule has 0 saturated heterocycles. The summed E-state index contributed by atoms with van der Waals surface area (Å²) in [6.45, 7) is 2.45. The Morgan fingerprint density at radius 2 is 1.88 bits per heavy atom. The summed E-state index contributed by atoms with van der Waals surface area (Å²) in [6.07, 6.45) is 3.22.